The molecule has 0 amide bonds. The van der Waals surface area contributed by atoms with Crippen LogP contribution in [-0.2, 0) is 0 Å². The van der Waals surface area contributed by atoms with Crippen LogP contribution in [0.3, 0.4) is 0 Å². The van der Waals surface area contributed by atoms with Crippen LogP contribution in [0.5, 0.6) is 0 Å². The van der Waals surface area contributed by atoms with E-state index in [4.69, 9.17) is 0 Å². The van der Waals surface area contributed by atoms with Crippen molar-refractivity contribution in [3.05, 3.63) is 12.2 Å². The topological polar surface area (TPSA) is 3.24 Å². The van der Waals surface area contributed by atoms with Crippen molar-refractivity contribution in [2.45, 2.75) is 33.2 Å². The normalized spacial score (nSPS) is 15.2. The molecule has 0 N–H and O–H groups in total. The molecule has 0 aliphatic carbocycles. The third-order valence-corrected chi connectivity index (χ3v) is 1.79. The summed E-state index contributed by atoms with van der Waals surface area (Å²) < 4.78 is 0. The van der Waals surface area contributed by atoms with Crippen LogP contribution < -0.4 is 0 Å². The molecule has 0 spiro atoms. The second-order valence-corrected chi connectivity index (χ2v) is 3.69. The van der Waals surface area contributed by atoms with E-state index in [0.29, 0.717) is 6.04 Å². The van der Waals surface area contributed by atoms with Crippen LogP contribution in [0, 0.1) is 5.92 Å². The summed E-state index contributed by atoms with van der Waals surface area (Å²) in [6.45, 7) is 6.61. The van der Waals surface area contributed by atoms with Gasteiger partial charge in [0, 0.05) is 6.04 Å². The van der Waals surface area contributed by atoms with Crippen molar-refractivity contribution in [2.24, 2.45) is 5.92 Å². The van der Waals surface area contributed by atoms with Crippen molar-refractivity contribution in [1.29, 1.82) is 0 Å². The van der Waals surface area contributed by atoms with Gasteiger partial charge in [-0.05, 0) is 33.4 Å². The summed E-state index contributed by atoms with van der Waals surface area (Å²) in [7, 11) is 4.26. The van der Waals surface area contributed by atoms with Crippen molar-refractivity contribution in [2.75, 3.05) is 14.1 Å². The molecule has 0 heterocycles. The quantitative estimate of drug-likeness (QED) is 0.564. The molecular formula is C10H21N. The molecule has 1 unspecified atom stereocenters. The largest absolute Gasteiger partial charge is 0.303 e. The molecule has 0 aromatic heterocycles. The Balaban J connectivity index is 3.89. The number of hydrogen-bond acceptors (Lipinski definition) is 1. The van der Waals surface area contributed by atoms with Gasteiger partial charge in [0.2, 0.25) is 0 Å². The first-order valence-corrected chi connectivity index (χ1v) is 4.37. The molecule has 0 aliphatic rings. The molecular weight excluding hydrogens is 134 g/mol. The highest BCUT2D eigenvalue weighted by Crippen LogP contribution is 2.09. The monoisotopic (exact) mass is 155 g/mol. The van der Waals surface area contributed by atoms with Crippen molar-refractivity contribution in [3.8, 4) is 0 Å². The van der Waals surface area contributed by atoms with Gasteiger partial charge in [-0.25, -0.2) is 0 Å². The molecule has 0 aliphatic heterocycles. The van der Waals surface area contributed by atoms with Crippen LogP contribution in [0.2, 0.25) is 0 Å². The number of allylic oxidation sites excluding steroid dienone is 1. The first-order chi connectivity index (χ1) is 5.07. The Kier molecular flexibility index (Phi) is 5.22. The van der Waals surface area contributed by atoms with Gasteiger partial charge in [0.1, 0.15) is 0 Å². The van der Waals surface area contributed by atoms with E-state index >= 15 is 0 Å². The lowest BCUT2D eigenvalue weighted by Crippen LogP contribution is -2.27. The number of nitrogens with zero attached hydrogens (tertiary/aromatic N) is 1. The van der Waals surface area contributed by atoms with Crippen molar-refractivity contribution in [1.82, 2.24) is 4.90 Å². The van der Waals surface area contributed by atoms with Gasteiger partial charge in [0.25, 0.3) is 0 Å². The molecule has 0 aromatic rings. The number of likely N-dealkylation sites (N-methyl/N-ethyl adjacent to an activating group) is 1. The van der Waals surface area contributed by atoms with Crippen molar-refractivity contribution < 1.29 is 0 Å². The SMILES string of the molecule is C/C=C\C(CC(C)C)N(C)C. The van der Waals surface area contributed by atoms with E-state index < -0.39 is 0 Å². The Morgan fingerprint density at radius 1 is 1.27 bits per heavy atom. The minimum atomic E-state index is 0.611. The van der Waals surface area contributed by atoms with Gasteiger partial charge in [-0.15, -0.1) is 0 Å². The molecule has 1 atom stereocenters. The lowest BCUT2D eigenvalue weighted by molar-refractivity contribution is 0.301. The van der Waals surface area contributed by atoms with E-state index in [1.165, 1.54) is 6.42 Å². The maximum absolute atomic E-state index is 2.26. The average molecular weight is 155 g/mol. The van der Waals surface area contributed by atoms with Gasteiger partial charge in [-0.1, -0.05) is 26.0 Å². The maximum Gasteiger partial charge on any atom is 0.0274 e. The van der Waals surface area contributed by atoms with E-state index in [9.17, 15) is 0 Å². The number of rotatable bonds is 4. The Morgan fingerprint density at radius 2 is 1.82 bits per heavy atom. The van der Waals surface area contributed by atoms with E-state index in [1.54, 1.807) is 0 Å². The highest BCUT2D eigenvalue weighted by Gasteiger charge is 2.08. The number of hydrogen-bond donors (Lipinski definition) is 0. The van der Waals surface area contributed by atoms with E-state index in [0.717, 1.165) is 5.92 Å². The molecule has 0 rings (SSSR count). The van der Waals surface area contributed by atoms with Gasteiger partial charge < -0.3 is 4.90 Å². The molecule has 0 saturated heterocycles. The van der Waals surface area contributed by atoms with Crippen molar-refractivity contribution in [3.63, 3.8) is 0 Å². The van der Waals surface area contributed by atoms with Crippen LogP contribution >= 0.6 is 0 Å². The summed E-state index contributed by atoms with van der Waals surface area (Å²) in [6, 6.07) is 0.611. The van der Waals surface area contributed by atoms with Crippen molar-refractivity contribution >= 4 is 0 Å². The van der Waals surface area contributed by atoms with Crippen LogP contribution in [0.1, 0.15) is 27.2 Å². The standard InChI is InChI=1S/C10H21N/c1-6-7-10(11(4)5)8-9(2)3/h6-7,9-10H,8H2,1-5H3/b7-6-. The Labute approximate surface area is 71.1 Å². The van der Waals surface area contributed by atoms with E-state index in [1.807, 2.05) is 0 Å². The first kappa shape index (κ1) is 10.7. The predicted molar refractivity (Wildman–Crippen MR) is 51.7 cm³/mol. The second kappa shape index (κ2) is 5.36. The lowest BCUT2D eigenvalue weighted by Gasteiger charge is -2.22. The van der Waals surface area contributed by atoms with Gasteiger partial charge in [0.15, 0.2) is 0 Å². The lowest BCUT2D eigenvalue weighted by atomic mass is 10.0. The summed E-state index contributed by atoms with van der Waals surface area (Å²) in [5, 5.41) is 0. The summed E-state index contributed by atoms with van der Waals surface area (Å²) in [5.74, 6) is 0.776. The maximum atomic E-state index is 2.26. The van der Waals surface area contributed by atoms with Crippen LogP contribution in [-0.4, -0.2) is 25.0 Å². The minimum Gasteiger partial charge on any atom is -0.303 e. The highest BCUT2D eigenvalue weighted by molar-refractivity contribution is 4.91. The first-order valence-electron chi connectivity index (χ1n) is 4.37. The zero-order valence-electron chi connectivity index (χ0n) is 8.46. The fourth-order valence-corrected chi connectivity index (χ4v) is 1.17. The molecule has 0 radical (unpaired) electrons. The minimum absolute atomic E-state index is 0.611. The van der Waals surface area contributed by atoms with Gasteiger partial charge in [-0.2, -0.15) is 0 Å². The zero-order valence-corrected chi connectivity index (χ0v) is 8.46. The third-order valence-electron chi connectivity index (χ3n) is 1.79. The Hall–Kier alpha value is -0.300. The molecule has 0 fully saturated rings. The summed E-state index contributed by atoms with van der Waals surface area (Å²) >= 11 is 0. The zero-order chi connectivity index (χ0) is 8.85. The summed E-state index contributed by atoms with van der Waals surface area (Å²) in [5.41, 5.74) is 0. The molecule has 1 nitrogen and oxygen atoms in total. The molecule has 0 bridgehead atoms. The van der Waals surface area contributed by atoms with E-state index in [2.05, 4.69) is 51.9 Å². The highest BCUT2D eigenvalue weighted by atomic mass is 15.1. The Bertz CT molecular complexity index is 114. The van der Waals surface area contributed by atoms with Gasteiger partial charge in [-0.3, -0.25) is 0 Å². The van der Waals surface area contributed by atoms with Gasteiger partial charge in [0.05, 0.1) is 0 Å². The smallest absolute Gasteiger partial charge is 0.0274 e. The fourth-order valence-electron chi connectivity index (χ4n) is 1.17. The van der Waals surface area contributed by atoms with Crippen LogP contribution in [0.4, 0.5) is 0 Å². The fraction of sp³-hybridized carbons (Fsp3) is 0.800. The summed E-state index contributed by atoms with van der Waals surface area (Å²) in [6.07, 6.45) is 5.64. The average Bonchev–Trinajstić information content (AvgIpc) is 1.86. The van der Waals surface area contributed by atoms with Crippen LogP contribution in [0.15, 0.2) is 12.2 Å². The van der Waals surface area contributed by atoms with Gasteiger partial charge >= 0.3 is 0 Å². The molecule has 0 aromatic carbocycles. The van der Waals surface area contributed by atoms with Crippen LogP contribution in [0.25, 0.3) is 0 Å². The predicted octanol–water partition coefficient (Wildman–Crippen LogP) is 2.54. The second-order valence-electron chi connectivity index (χ2n) is 3.69. The Morgan fingerprint density at radius 3 is 2.09 bits per heavy atom. The molecule has 11 heavy (non-hydrogen) atoms. The third kappa shape index (κ3) is 5.02. The molecule has 0 saturated carbocycles. The van der Waals surface area contributed by atoms with E-state index in [-0.39, 0.29) is 0 Å². The summed E-state index contributed by atoms with van der Waals surface area (Å²) in [4.78, 5) is 2.26. The molecule has 1 heteroatoms. The molecule has 66 valence electrons.